The Kier molecular flexibility index (Phi) is 5.60. The zero-order chi connectivity index (χ0) is 19.4. The Balaban J connectivity index is 1.75. The van der Waals surface area contributed by atoms with Crippen LogP contribution in [0.25, 0.3) is 10.9 Å². The van der Waals surface area contributed by atoms with Crippen molar-refractivity contribution in [2.75, 3.05) is 11.9 Å². The molecule has 0 saturated heterocycles. The number of benzene rings is 2. The van der Waals surface area contributed by atoms with Gasteiger partial charge < -0.3 is 14.6 Å². The maximum Gasteiger partial charge on any atom is 0.251 e. The number of hydrogen-bond acceptors (Lipinski definition) is 3. The summed E-state index contributed by atoms with van der Waals surface area (Å²) in [5.74, 6) is 0.636. The van der Waals surface area contributed by atoms with Crippen molar-refractivity contribution in [1.29, 1.82) is 0 Å². The summed E-state index contributed by atoms with van der Waals surface area (Å²) >= 11 is 0. The fourth-order valence-corrected chi connectivity index (χ4v) is 3.25. The molecule has 3 rings (SSSR count). The summed E-state index contributed by atoms with van der Waals surface area (Å²) in [6.07, 6.45) is 0.222. The number of ether oxygens (including phenoxy) is 1. The molecule has 0 aliphatic rings. The monoisotopic (exact) mass is 364 g/mol. The van der Waals surface area contributed by atoms with Gasteiger partial charge in [-0.1, -0.05) is 18.2 Å². The van der Waals surface area contributed by atoms with Gasteiger partial charge in [0.15, 0.2) is 0 Å². The molecule has 0 saturated carbocycles. The number of rotatable bonds is 6. The second kappa shape index (κ2) is 8.08. The lowest BCUT2D eigenvalue weighted by atomic mass is 10.1. The van der Waals surface area contributed by atoms with Crippen LogP contribution in [0.5, 0.6) is 5.75 Å². The minimum atomic E-state index is -0.131. The maximum atomic E-state index is 12.5. The summed E-state index contributed by atoms with van der Waals surface area (Å²) < 4.78 is 7.09. The summed E-state index contributed by atoms with van der Waals surface area (Å²) in [6, 6.07) is 14.9. The molecule has 140 valence electrons. The summed E-state index contributed by atoms with van der Waals surface area (Å²) in [6.45, 7) is 6.78. The Morgan fingerprint density at radius 2 is 1.81 bits per heavy atom. The minimum absolute atomic E-state index is 0.0804. The van der Waals surface area contributed by atoms with Crippen LogP contribution in [0.4, 0.5) is 5.69 Å². The van der Waals surface area contributed by atoms with E-state index in [4.69, 9.17) is 4.74 Å². The number of hydrogen-bond donors (Lipinski definition) is 1. The molecular formula is C22H24N2O3. The molecule has 5 heteroatoms. The molecule has 1 heterocycles. The third kappa shape index (κ3) is 4.19. The number of para-hydroxylation sites is 1. The second-order valence-corrected chi connectivity index (χ2v) is 6.54. The number of nitrogens with one attached hydrogen (secondary N) is 1. The molecule has 1 N–H and O–H groups in total. The van der Waals surface area contributed by atoms with Crippen LogP contribution in [0.15, 0.2) is 53.3 Å². The summed E-state index contributed by atoms with van der Waals surface area (Å²) in [7, 11) is 0. The Morgan fingerprint density at radius 1 is 1.07 bits per heavy atom. The summed E-state index contributed by atoms with van der Waals surface area (Å²) in [4.78, 5) is 24.8. The van der Waals surface area contributed by atoms with Crippen LogP contribution >= 0.6 is 0 Å². The Labute approximate surface area is 158 Å². The van der Waals surface area contributed by atoms with Crippen LogP contribution < -0.4 is 15.6 Å². The molecule has 1 aromatic heterocycles. The van der Waals surface area contributed by atoms with E-state index < -0.39 is 0 Å². The number of carbonyl (C=O) groups excluding carboxylic acids is 1. The van der Waals surface area contributed by atoms with Gasteiger partial charge >= 0.3 is 0 Å². The van der Waals surface area contributed by atoms with Crippen molar-refractivity contribution >= 4 is 22.5 Å². The average molecular weight is 364 g/mol. The van der Waals surface area contributed by atoms with Gasteiger partial charge in [0.1, 0.15) is 5.75 Å². The van der Waals surface area contributed by atoms with Gasteiger partial charge in [-0.2, -0.15) is 0 Å². The van der Waals surface area contributed by atoms with Gasteiger partial charge in [-0.25, -0.2) is 0 Å². The Bertz CT molecular complexity index is 1020. The van der Waals surface area contributed by atoms with Crippen molar-refractivity contribution in [3.8, 4) is 5.75 Å². The number of aromatic nitrogens is 1. The minimum Gasteiger partial charge on any atom is -0.494 e. The molecule has 27 heavy (non-hydrogen) atoms. The SMILES string of the molecule is CCOc1ccc(NC(=O)CCn2c(=O)cc(C)c3cccc(C)c32)cc1. The smallest absolute Gasteiger partial charge is 0.251 e. The van der Waals surface area contributed by atoms with E-state index in [0.29, 0.717) is 18.8 Å². The number of anilines is 1. The van der Waals surface area contributed by atoms with E-state index >= 15 is 0 Å². The fraction of sp³-hybridized carbons (Fsp3) is 0.273. The van der Waals surface area contributed by atoms with E-state index in [2.05, 4.69) is 5.32 Å². The van der Waals surface area contributed by atoms with Gasteiger partial charge in [-0.3, -0.25) is 9.59 Å². The van der Waals surface area contributed by atoms with Gasteiger partial charge in [-0.05, 0) is 56.2 Å². The van der Waals surface area contributed by atoms with Gasteiger partial charge in [0, 0.05) is 30.1 Å². The lowest BCUT2D eigenvalue weighted by Gasteiger charge is -2.14. The van der Waals surface area contributed by atoms with E-state index in [0.717, 1.165) is 27.8 Å². The van der Waals surface area contributed by atoms with Crippen LogP contribution in [0.3, 0.4) is 0 Å². The standard InChI is InChI=1S/C22H24N2O3/c1-4-27-18-10-8-17(9-11-18)23-20(25)12-13-24-21(26)14-16(3)19-7-5-6-15(2)22(19)24/h5-11,14H,4,12-13H2,1-3H3,(H,23,25). The van der Waals surface area contributed by atoms with E-state index in [-0.39, 0.29) is 17.9 Å². The molecule has 0 aliphatic heterocycles. The van der Waals surface area contributed by atoms with Crippen molar-refractivity contribution in [2.45, 2.75) is 33.7 Å². The van der Waals surface area contributed by atoms with E-state index in [9.17, 15) is 9.59 Å². The van der Waals surface area contributed by atoms with Gasteiger partial charge in [0.2, 0.25) is 5.91 Å². The lowest BCUT2D eigenvalue weighted by Crippen LogP contribution is -2.24. The molecule has 0 radical (unpaired) electrons. The van der Waals surface area contributed by atoms with Crippen molar-refractivity contribution in [3.05, 3.63) is 70.0 Å². The zero-order valence-corrected chi connectivity index (χ0v) is 15.9. The van der Waals surface area contributed by atoms with Crippen LogP contribution in [0.1, 0.15) is 24.5 Å². The van der Waals surface area contributed by atoms with Crippen molar-refractivity contribution in [2.24, 2.45) is 0 Å². The van der Waals surface area contributed by atoms with Gasteiger partial charge in [-0.15, -0.1) is 0 Å². The van der Waals surface area contributed by atoms with E-state index in [1.807, 2.05) is 51.1 Å². The third-order valence-electron chi connectivity index (χ3n) is 4.55. The van der Waals surface area contributed by atoms with Crippen LogP contribution in [-0.4, -0.2) is 17.1 Å². The quantitative estimate of drug-likeness (QED) is 0.718. The highest BCUT2D eigenvalue weighted by atomic mass is 16.5. The first-order valence-corrected chi connectivity index (χ1v) is 9.12. The number of nitrogens with zero attached hydrogens (tertiary/aromatic N) is 1. The van der Waals surface area contributed by atoms with Crippen LogP contribution in [-0.2, 0) is 11.3 Å². The van der Waals surface area contributed by atoms with Gasteiger partial charge in [0.05, 0.1) is 12.1 Å². The predicted molar refractivity (Wildman–Crippen MR) is 109 cm³/mol. The number of fused-ring (bicyclic) bond motifs is 1. The number of amides is 1. The zero-order valence-electron chi connectivity index (χ0n) is 15.9. The van der Waals surface area contributed by atoms with Crippen molar-refractivity contribution in [1.82, 2.24) is 4.57 Å². The van der Waals surface area contributed by atoms with Gasteiger partial charge in [0.25, 0.3) is 5.56 Å². The third-order valence-corrected chi connectivity index (χ3v) is 4.55. The number of aryl methyl sites for hydroxylation is 3. The molecule has 1 amide bonds. The number of carbonyl (C=O) groups is 1. The first kappa shape index (κ1) is 18.7. The van der Waals surface area contributed by atoms with Crippen LogP contribution in [0.2, 0.25) is 0 Å². The van der Waals surface area contributed by atoms with E-state index in [1.54, 1.807) is 22.8 Å². The molecular weight excluding hydrogens is 340 g/mol. The fourth-order valence-electron chi connectivity index (χ4n) is 3.25. The molecule has 5 nitrogen and oxygen atoms in total. The molecule has 0 aliphatic carbocycles. The predicted octanol–water partition coefficient (Wildman–Crippen LogP) is 4.05. The number of pyridine rings is 1. The maximum absolute atomic E-state index is 12.5. The molecule has 0 fully saturated rings. The molecule has 2 aromatic carbocycles. The molecule has 0 bridgehead atoms. The highest BCUT2D eigenvalue weighted by Gasteiger charge is 2.10. The topological polar surface area (TPSA) is 60.3 Å². The van der Waals surface area contributed by atoms with Crippen molar-refractivity contribution in [3.63, 3.8) is 0 Å². The molecule has 0 atom stereocenters. The Morgan fingerprint density at radius 3 is 2.52 bits per heavy atom. The molecule has 0 spiro atoms. The van der Waals surface area contributed by atoms with E-state index in [1.165, 1.54) is 0 Å². The average Bonchev–Trinajstić information content (AvgIpc) is 2.64. The first-order chi connectivity index (χ1) is 13.0. The second-order valence-electron chi connectivity index (χ2n) is 6.54. The summed E-state index contributed by atoms with van der Waals surface area (Å²) in [5, 5.41) is 3.91. The largest absolute Gasteiger partial charge is 0.494 e. The molecule has 0 unspecified atom stereocenters. The lowest BCUT2D eigenvalue weighted by molar-refractivity contribution is -0.116. The van der Waals surface area contributed by atoms with Crippen molar-refractivity contribution < 1.29 is 9.53 Å². The summed E-state index contributed by atoms with van der Waals surface area (Å²) in [5.41, 5.74) is 3.51. The Hall–Kier alpha value is -3.08. The highest BCUT2D eigenvalue weighted by molar-refractivity contribution is 5.91. The highest BCUT2D eigenvalue weighted by Crippen LogP contribution is 2.20. The first-order valence-electron chi connectivity index (χ1n) is 9.12. The van der Waals surface area contributed by atoms with Crippen LogP contribution in [0, 0.1) is 13.8 Å². The normalized spacial score (nSPS) is 10.8. The molecule has 3 aromatic rings.